The van der Waals surface area contributed by atoms with Gasteiger partial charge in [0.1, 0.15) is 0 Å². The molecule has 2 N–H and O–H groups in total. The Morgan fingerprint density at radius 1 is 1.47 bits per heavy atom. The molecular weight excluding hydrogens is 214 g/mol. The number of nitrogens with zero attached hydrogens (tertiary/aromatic N) is 2. The summed E-state index contributed by atoms with van der Waals surface area (Å²) < 4.78 is 0. The van der Waals surface area contributed by atoms with Crippen molar-refractivity contribution >= 4 is 5.91 Å². The van der Waals surface area contributed by atoms with Crippen LogP contribution < -0.4 is 5.73 Å². The van der Waals surface area contributed by atoms with Crippen LogP contribution >= 0.6 is 0 Å². The third kappa shape index (κ3) is 4.15. The Kier molecular flexibility index (Phi) is 5.63. The van der Waals surface area contributed by atoms with Crippen molar-refractivity contribution in [3.8, 4) is 0 Å². The van der Waals surface area contributed by atoms with E-state index in [1.807, 2.05) is 17.9 Å². The van der Waals surface area contributed by atoms with E-state index in [0.29, 0.717) is 12.1 Å². The Hall–Kier alpha value is -1.42. The van der Waals surface area contributed by atoms with Crippen molar-refractivity contribution in [2.75, 3.05) is 19.6 Å². The van der Waals surface area contributed by atoms with Crippen LogP contribution in [0.1, 0.15) is 35.8 Å². The van der Waals surface area contributed by atoms with Gasteiger partial charge in [-0.05, 0) is 38.4 Å². The second-order valence-corrected chi connectivity index (χ2v) is 4.12. The molecule has 94 valence electrons. The van der Waals surface area contributed by atoms with Crippen LogP contribution in [0.15, 0.2) is 18.3 Å². The van der Waals surface area contributed by atoms with Crippen molar-refractivity contribution in [3.63, 3.8) is 0 Å². The van der Waals surface area contributed by atoms with Gasteiger partial charge in [0, 0.05) is 30.5 Å². The smallest absolute Gasteiger partial charge is 0.253 e. The summed E-state index contributed by atoms with van der Waals surface area (Å²) in [7, 11) is 0. The number of hydrogen-bond acceptors (Lipinski definition) is 3. The van der Waals surface area contributed by atoms with Gasteiger partial charge in [-0.2, -0.15) is 0 Å². The minimum absolute atomic E-state index is 0.0748. The van der Waals surface area contributed by atoms with Gasteiger partial charge < -0.3 is 10.6 Å². The predicted molar refractivity (Wildman–Crippen MR) is 68.8 cm³/mol. The first kappa shape index (κ1) is 13.6. The van der Waals surface area contributed by atoms with E-state index in [0.717, 1.165) is 31.6 Å². The molecule has 0 aromatic carbocycles. The standard InChI is InChI=1S/C13H21N3O/c1-3-8-16(9-4-6-14)13(17)12-5-7-15-11(2)10-12/h5,7,10H,3-4,6,8-9,14H2,1-2H3. The monoisotopic (exact) mass is 235 g/mol. The van der Waals surface area contributed by atoms with Crippen LogP contribution in [-0.2, 0) is 0 Å². The lowest BCUT2D eigenvalue weighted by Gasteiger charge is -2.22. The van der Waals surface area contributed by atoms with E-state index in [1.54, 1.807) is 12.3 Å². The normalized spacial score (nSPS) is 10.3. The van der Waals surface area contributed by atoms with Crippen molar-refractivity contribution in [3.05, 3.63) is 29.6 Å². The molecule has 0 saturated carbocycles. The first-order chi connectivity index (χ1) is 8.19. The summed E-state index contributed by atoms with van der Waals surface area (Å²) in [4.78, 5) is 18.2. The van der Waals surface area contributed by atoms with Crippen molar-refractivity contribution in [2.45, 2.75) is 26.7 Å². The van der Waals surface area contributed by atoms with Crippen molar-refractivity contribution in [2.24, 2.45) is 5.73 Å². The summed E-state index contributed by atoms with van der Waals surface area (Å²) >= 11 is 0. The van der Waals surface area contributed by atoms with Crippen LogP contribution in [0.3, 0.4) is 0 Å². The highest BCUT2D eigenvalue weighted by atomic mass is 16.2. The first-order valence-corrected chi connectivity index (χ1v) is 6.11. The average Bonchev–Trinajstić information content (AvgIpc) is 2.33. The van der Waals surface area contributed by atoms with Crippen LogP contribution in [-0.4, -0.2) is 35.4 Å². The van der Waals surface area contributed by atoms with Crippen LogP contribution in [0.4, 0.5) is 0 Å². The summed E-state index contributed by atoms with van der Waals surface area (Å²) in [6.07, 6.45) is 3.48. The highest BCUT2D eigenvalue weighted by molar-refractivity contribution is 5.94. The molecule has 0 bridgehead atoms. The van der Waals surface area contributed by atoms with Crippen molar-refractivity contribution in [1.82, 2.24) is 9.88 Å². The van der Waals surface area contributed by atoms with E-state index in [2.05, 4.69) is 11.9 Å². The summed E-state index contributed by atoms with van der Waals surface area (Å²) in [5.74, 6) is 0.0748. The molecule has 0 aliphatic carbocycles. The maximum atomic E-state index is 12.3. The number of nitrogens with two attached hydrogens (primary N) is 1. The number of pyridine rings is 1. The number of aryl methyl sites for hydroxylation is 1. The number of hydrogen-bond donors (Lipinski definition) is 1. The Morgan fingerprint density at radius 3 is 2.82 bits per heavy atom. The molecule has 1 aromatic heterocycles. The lowest BCUT2D eigenvalue weighted by atomic mass is 10.2. The fraction of sp³-hybridized carbons (Fsp3) is 0.538. The van der Waals surface area contributed by atoms with Gasteiger partial charge in [-0.25, -0.2) is 0 Å². The number of amides is 1. The largest absolute Gasteiger partial charge is 0.339 e. The maximum absolute atomic E-state index is 12.3. The van der Waals surface area contributed by atoms with Crippen LogP contribution in [0.25, 0.3) is 0 Å². The quantitative estimate of drug-likeness (QED) is 0.814. The zero-order valence-corrected chi connectivity index (χ0v) is 10.6. The van der Waals surface area contributed by atoms with E-state index in [9.17, 15) is 4.79 Å². The fourth-order valence-electron chi connectivity index (χ4n) is 1.73. The van der Waals surface area contributed by atoms with Gasteiger partial charge >= 0.3 is 0 Å². The molecular formula is C13H21N3O. The van der Waals surface area contributed by atoms with Gasteiger partial charge in [-0.1, -0.05) is 6.92 Å². The predicted octanol–water partition coefficient (Wildman–Crippen LogP) is 1.59. The Balaban J connectivity index is 2.76. The molecule has 0 aliphatic rings. The third-order valence-electron chi connectivity index (χ3n) is 2.56. The molecule has 4 nitrogen and oxygen atoms in total. The zero-order valence-electron chi connectivity index (χ0n) is 10.6. The van der Waals surface area contributed by atoms with E-state index in [1.165, 1.54) is 0 Å². The van der Waals surface area contributed by atoms with Crippen molar-refractivity contribution in [1.29, 1.82) is 0 Å². The Labute approximate surface area is 103 Å². The number of aromatic nitrogens is 1. The van der Waals surface area contributed by atoms with Crippen LogP contribution in [0.5, 0.6) is 0 Å². The summed E-state index contributed by atoms with van der Waals surface area (Å²) in [5, 5.41) is 0. The summed E-state index contributed by atoms with van der Waals surface area (Å²) in [6, 6.07) is 3.59. The van der Waals surface area contributed by atoms with Gasteiger partial charge in [0.2, 0.25) is 0 Å². The SMILES string of the molecule is CCCN(CCCN)C(=O)c1ccnc(C)c1. The second-order valence-electron chi connectivity index (χ2n) is 4.12. The van der Waals surface area contributed by atoms with E-state index in [4.69, 9.17) is 5.73 Å². The average molecular weight is 235 g/mol. The van der Waals surface area contributed by atoms with Gasteiger partial charge in [0.25, 0.3) is 5.91 Å². The molecule has 0 radical (unpaired) electrons. The van der Waals surface area contributed by atoms with Crippen LogP contribution in [0.2, 0.25) is 0 Å². The minimum Gasteiger partial charge on any atom is -0.339 e. The second kappa shape index (κ2) is 7.01. The zero-order chi connectivity index (χ0) is 12.7. The number of carbonyl (C=O) groups is 1. The number of rotatable bonds is 6. The third-order valence-corrected chi connectivity index (χ3v) is 2.56. The molecule has 17 heavy (non-hydrogen) atoms. The van der Waals surface area contributed by atoms with E-state index < -0.39 is 0 Å². The fourth-order valence-corrected chi connectivity index (χ4v) is 1.73. The van der Waals surface area contributed by atoms with Gasteiger partial charge in [-0.15, -0.1) is 0 Å². The Morgan fingerprint density at radius 2 is 2.24 bits per heavy atom. The molecule has 0 fully saturated rings. The number of carbonyl (C=O) groups excluding carboxylic acids is 1. The lowest BCUT2D eigenvalue weighted by molar-refractivity contribution is 0.0754. The molecule has 0 atom stereocenters. The first-order valence-electron chi connectivity index (χ1n) is 6.11. The van der Waals surface area contributed by atoms with E-state index in [-0.39, 0.29) is 5.91 Å². The maximum Gasteiger partial charge on any atom is 0.253 e. The Bertz CT molecular complexity index is 365. The van der Waals surface area contributed by atoms with E-state index >= 15 is 0 Å². The molecule has 1 aromatic rings. The van der Waals surface area contributed by atoms with Crippen LogP contribution in [0, 0.1) is 6.92 Å². The topological polar surface area (TPSA) is 59.2 Å². The molecule has 1 amide bonds. The summed E-state index contributed by atoms with van der Waals surface area (Å²) in [6.45, 7) is 6.08. The molecule has 1 heterocycles. The minimum atomic E-state index is 0.0748. The molecule has 0 unspecified atom stereocenters. The van der Waals surface area contributed by atoms with Gasteiger partial charge in [-0.3, -0.25) is 9.78 Å². The summed E-state index contributed by atoms with van der Waals surface area (Å²) in [5.41, 5.74) is 7.07. The highest BCUT2D eigenvalue weighted by Gasteiger charge is 2.14. The van der Waals surface area contributed by atoms with Gasteiger partial charge in [0.15, 0.2) is 0 Å². The molecule has 0 saturated heterocycles. The molecule has 0 spiro atoms. The molecule has 1 rings (SSSR count). The van der Waals surface area contributed by atoms with Crippen molar-refractivity contribution < 1.29 is 4.79 Å². The molecule has 0 aliphatic heterocycles. The van der Waals surface area contributed by atoms with Gasteiger partial charge in [0.05, 0.1) is 0 Å². The molecule has 4 heteroatoms. The lowest BCUT2D eigenvalue weighted by Crippen LogP contribution is -2.33. The highest BCUT2D eigenvalue weighted by Crippen LogP contribution is 2.07.